The third-order valence-corrected chi connectivity index (χ3v) is 3.95. The molecule has 1 atom stereocenters. The van der Waals surface area contributed by atoms with Crippen LogP contribution in [0.5, 0.6) is 0 Å². The number of anilines is 1. The number of aryl methyl sites for hydroxylation is 1. The van der Waals surface area contributed by atoms with Crippen molar-refractivity contribution in [3.63, 3.8) is 0 Å². The van der Waals surface area contributed by atoms with Crippen molar-refractivity contribution in [3.05, 3.63) is 29.8 Å². The van der Waals surface area contributed by atoms with Gasteiger partial charge in [-0.05, 0) is 31.5 Å². The molecule has 4 nitrogen and oxygen atoms in total. The highest BCUT2D eigenvalue weighted by atomic mass is 32.2. The lowest BCUT2D eigenvalue weighted by Crippen LogP contribution is -2.42. The van der Waals surface area contributed by atoms with E-state index in [1.54, 1.807) is 0 Å². The summed E-state index contributed by atoms with van der Waals surface area (Å²) >= 11 is 0. The highest BCUT2D eigenvalue weighted by molar-refractivity contribution is 7.91. The average Bonchev–Trinajstić information content (AvgIpc) is 2.24. The summed E-state index contributed by atoms with van der Waals surface area (Å²) in [5.41, 5.74) is 7.83. The average molecular weight is 256 g/mol. The minimum atomic E-state index is -3.19. The van der Waals surface area contributed by atoms with E-state index in [2.05, 4.69) is 0 Å². The van der Waals surface area contributed by atoms with E-state index in [1.165, 1.54) is 6.26 Å². The van der Waals surface area contributed by atoms with Gasteiger partial charge in [0, 0.05) is 25.0 Å². The van der Waals surface area contributed by atoms with Gasteiger partial charge < -0.3 is 10.6 Å². The van der Waals surface area contributed by atoms with Gasteiger partial charge in [0.05, 0.1) is 0 Å². The zero-order valence-electron chi connectivity index (χ0n) is 10.6. The molecule has 0 aliphatic heterocycles. The summed E-state index contributed by atoms with van der Waals surface area (Å²) in [4.78, 5) is 1.97. The number of nitrogens with two attached hydrogens (primary N) is 1. The van der Waals surface area contributed by atoms with Crippen molar-refractivity contribution in [3.8, 4) is 0 Å². The van der Waals surface area contributed by atoms with Crippen LogP contribution in [-0.2, 0) is 9.84 Å². The molecule has 0 aromatic heterocycles. The van der Waals surface area contributed by atoms with Gasteiger partial charge in [-0.15, -0.1) is 0 Å². The molecule has 0 bridgehead atoms. The maximum atomic E-state index is 11.3. The first-order valence-corrected chi connectivity index (χ1v) is 7.56. The van der Waals surface area contributed by atoms with Gasteiger partial charge >= 0.3 is 0 Å². The van der Waals surface area contributed by atoms with Crippen LogP contribution in [0.2, 0.25) is 0 Å². The van der Waals surface area contributed by atoms with E-state index in [-0.39, 0.29) is 0 Å². The molecule has 5 heteroatoms. The first-order chi connectivity index (χ1) is 7.84. The Hall–Kier alpha value is -1.07. The standard InChI is InChI=1S/C12H20N2O2S/c1-4-14(9-12(13)17(3,15)16)11-7-5-6-10(2)8-11/h5-8,12H,4,9,13H2,1-3H3. The number of sulfone groups is 1. The van der Waals surface area contributed by atoms with E-state index in [0.29, 0.717) is 6.54 Å². The molecule has 1 unspecified atom stereocenters. The number of hydrogen-bond donors (Lipinski definition) is 1. The predicted molar refractivity (Wildman–Crippen MR) is 71.9 cm³/mol. The quantitative estimate of drug-likeness (QED) is 0.858. The van der Waals surface area contributed by atoms with Crippen LogP contribution in [0.25, 0.3) is 0 Å². The van der Waals surface area contributed by atoms with Crippen LogP contribution in [-0.4, -0.2) is 33.1 Å². The minimum absolute atomic E-state index is 0.318. The van der Waals surface area contributed by atoms with Crippen molar-refractivity contribution in [1.82, 2.24) is 0 Å². The summed E-state index contributed by atoms with van der Waals surface area (Å²) in [6.45, 7) is 5.04. The van der Waals surface area contributed by atoms with Crippen LogP contribution in [0.3, 0.4) is 0 Å². The molecule has 1 aromatic rings. The topological polar surface area (TPSA) is 63.4 Å². The predicted octanol–water partition coefficient (Wildman–Crippen LogP) is 1.15. The van der Waals surface area contributed by atoms with Crippen LogP contribution in [0, 0.1) is 6.92 Å². The highest BCUT2D eigenvalue weighted by Crippen LogP contribution is 2.16. The van der Waals surface area contributed by atoms with Crippen LogP contribution in [0.1, 0.15) is 12.5 Å². The van der Waals surface area contributed by atoms with E-state index in [1.807, 2.05) is 43.0 Å². The largest absolute Gasteiger partial charge is 0.369 e. The molecule has 0 aliphatic rings. The van der Waals surface area contributed by atoms with Crippen LogP contribution < -0.4 is 10.6 Å². The maximum absolute atomic E-state index is 11.3. The SMILES string of the molecule is CCN(CC(N)S(C)(=O)=O)c1cccc(C)c1. The first kappa shape index (κ1) is 14.0. The Morgan fingerprint density at radius 1 is 1.41 bits per heavy atom. The summed E-state index contributed by atoms with van der Waals surface area (Å²) in [6.07, 6.45) is 1.17. The Morgan fingerprint density at radius 3 is 2.53 bits per heavy atom. The fraction of sp³-hybridized carbons (Fsp3) is 0.500. The number of benzene rings is 1. The Bertz CT molecular complexity index is 471. The minimum Gasteiger partial charge on any atom is -0.369 e. The van der Waals surface area contributed by atoms with E-state index < -0.39 is 15.2 Å². The smallest absolute Gasteiger partial charge is 0.164 e. The summed E-state index contributed by atoms with van der Waals surface area (Å²) in [7, 11) is -3.19. The summed E-state index contributed by atoms with van der Waals surface area (Å²) < 4.78 is 22.7. The van der Waals surface area contributed by atoms with E-state index in [4.69, 9.17) is 5.73 Å². The number of likely N-dealkylation sites (N-methyl/N-ethyl adjacent to an activating group) is 1. The third kappa shape index (κ3) is 4.02. The second-order valence-electron chi connectivity index (χ2n) is 4.25. The van der Waals surface area contributed by atoms with Crippen LogP contribution in [0.15, 0.2) is 24.3 Å². The van der Waals surface area contributed by atoms with Crippen LogP contribution in [0.4, 0.5) is 5.69 Å². The molecule has 0 saturated heterocycles. The molecule has 17 heavy (non-hydrogen) atoms. The van der Waals surface area contributed by atoms with Gasteiger partial charge in [-0.1, -0.05) is 12.1 Å². The van der Waals surface area contributed by atoms with Gasteiger partial charge in [0.2, 0.25) is 0 Å². The number of rotatable bonds is 5. The number of hydrogen-bond acceptors (Lipinski definition) is 4. The highest BCUT2D eigenvalue weighted by Gasteiger charge is 2.18. The zero-order chi connectivity index (χ0) is 13.1. The molecule has 96 valence electrons. The zero-order valence-corrected chi connectivity index (χ0v) is 11.4. The van der Waals surface area contributed by atoms with E-state index in [9.17, 15) is 8.42 Å². The molecule has 1 rings (SSSR count). The fourth-order valence-electron chi connectivity index (χ4n) is 1.59. The second kappa shape index (κ2) is 5.51. The molecular formula is C12H20N2O2S. The van der Waals surface area contributed by atoms with Gasteiger partial charge in [-0.2, -0.15) is 0 Å². The summed E-state index contributed by atoms with van der Waals surface area (Å²) in [6, 6.07) is 7.96. The van der Waals surface area contributed by atoms with Gasteiger partial charge in [0.15, 0.2) is 9.84 Å². The lowest BCUT2D eigenvalue weighted by atomic mass is 10.2. The molecule has 0 heterocycles. The molecule has 0 spiro atoms. The summed E-state index contributed by atoms with van der Waals surface area (Å²) in [5.74, 6) is 0. The maximum Gasteiger partial charge on any atom is 0.164 e. The van der Waals surface area contributed by atoms with Gasteiger partial charge in [-0.25, -0.2) is 8.42 Å². The van der Waals surface area contributed by atoms with Gasteiger partial charge in [0.25, 0.3) is 0 Å². The van der Waals surface area contributed by atoms with Crippen molar-refractivity contribution in [2.75, 3.05) is 24.2 Å². The van der Waals surface area contributed by atoms with Crippen LogP contribution >= 0.6 is 0 Å². The van der Waals surface area contributed by atoms with Crippen molar-refractivity contribution in [2.45, 2.75) is 19.2 Å². The monoisotopic (exact) mass is 256 g/mol. The normalized spacial score (nSPS) is 13.4. The second-order valence-corrected chi connectivity index (χ2v) is 6.51. The molecule has 1 aromatic carbocycles. The Labute approximate surface area is 103 Å². The van der Waals surface area contributed by atoms with Gasteiger partial charge in [0.1, 0.15) is 5.37 Å². The Balaban J connectivity index is 2.86. The molecule has 0 radical (unpaired) electrons. The van der Waals surface area contributed by atoms with Crippen molar-refractivity contribution >= 4 is 15.5 Å². The van der Waals surface area contributed by atoms with Crippen molar-refractivity contribution in [1.29, 1.82) is 0 Å². The Morgan fingerprint density at radius 2 is 2.06 bits per heavy atom. The van der Waals surface area contributed by atoms with Crippen molar-refractivity contribution < 1.29 is 8.42 Å². The molecule has 0 amide bonds. The molecule has 2 N–H and O–H groups in total. The van der Waals surface area contributed by atoms with Crippen molar-refractivity contribution in [2.24, 2.45) is 5.73 Å². The molecule has 0 fully saturated rings. The fourth-order valence-corrected chi connectivity index (χ4v) is 2.05. The Kier molecular flexibility index (Phi) is 4.54. The van der Waals surface area contributed by atoms with Gasteiger partial charge in [-0.3, -0.25) is 0 Å². The molecular weight excluding hydrogens is 236 g/mol. The third-order valence-electron chi connectivity index (χ3n) is 2.70. The lowest BCUT2D eigenvalue weighted by molar-refractivity contribution is 0.584. The number of nitrogens with zero attached hydrogens (tertiary/aromatic N) is 1. The van der Waals surface area contributed by atoms with E-state index in [0.717, 1.165) is 17.8 Å². The van der Waals surface area contributed by atoms with E-state index >= 15 is 0 Å². The molecule has 0 saturated carbocycles. The lowest BCUT2D eigenvalue weighted by Gasteiger charge is -2.26. The molecule has 0 aliphatic carbocycles. The first-order valence-electron chi connectivity index (χ1n) is 5.60. The summed E-state index contributed by atoms with van der Waals surface area (Å²) in [5, 5.41) is -0.844.